The lowest BCUT2D eigenvalue weighted by Gasteiger charge is -2.08. The smallest absolute Gasteiger partial charge is 0.341 e. The van der Waals surface area contributed by atoms with Gasteiger partial charge in [0.15, 0.2) is 0 Å². The average Bonchev–Trinajstić information content (AvgIpc) is 2.34. The van der Waals surface area contributed by atoms with E-state index in [9.17, 15) is 9.59 Å². The van der Waals surface area contributed by atoms with Crippen molar-refractivity contribution in [3.8, 4) is 5.75 Å². The summed E-state index contributed by atoms with van der Waals surface area (Å²) in [6, 6.07) is 6.40. The van der Waals surface area contributed by atoms with E-state index < -0.39 is 11.9 Å². The molecule has 0 saturated carbocycles. The van der Waals surface area contributed by atoms with Gasteiger partial charge in [-0.3, -0.25) is 4.79 Å². The molecule has 0 spiro atoms. The van der Waals surface area contributed by atoms with Crippen molar-refractivity contribution in [2.75, 3.05) is 13.2 Å². The van der Waals surface area contributed by atoms with E-state index in [1.165, 1.54) is 19.1 Å². The molecule has 5 nitrogen and oxygen atoms in total. The maximum atomic E-state index is 11.7. The normalized spacial score (nSPS) is 9.89. The van der Waals surface area contributed by atoms with Crippen LogP contribution in [-0.2, 0) is 9.53 Å². The Morgan fingerprint density at radius 3 is 2.61 bits per heavy atom. The summed E-state index contributed by atoms with van der Waals surface area (Å²) in [6.07, 6.45) is 1.18. The van der Waals surface area contributed by atoms with E-state index in [-0.39, 0.29) is 24.5 Å². The molecule has 0 unspecified atom stereocenters. The van der Waals surface area contributed by atoms with Crippen molar-refractivity contribution < 1.29 is 24.2 Å². The molecule has 0 amide bonds. The highest BCUT2D eigenvalue weighted by atomic mass is 16.5. The average molecular weight is 252 g/mol. The van der Waals surface area contributed by atoms with Gasteiger partial charge in [-0.05, 0) is 25.0 Å². The first-order valence-electron chi connectivity index (χ1n) is 5.70. The first-order chi connectivity index (χ1) is 8.65. The summed E-state index contributed by atoms with van der Waals surface area (Å²) in [5.41, 5.74) is 0.219. The molecule has 1 aromatic rings. The molecule has 5 heteroatoms. The molecule has 1 aromatic carbocycles. The summed E-state index contributed by atoms with van der Waals surface area (Å²) in [4.78, 5) is 22.6. The quantitative estimate of drug-likeness (QED) is 0.472. The van der Waals surface area contributed by atoms with Crippen LogP contribution in [0.25, 0.3) is 0 Å². The van der Waals surface area contributed by atoms with Crippen molar-refractivity contribution in [3.05, 3.63) is 29.8 Å². The van der Waals surface area contributed by atoms with Crippen LogP contribution in [0.2, 0.25) is 0 Å². The highest BCUT2D eigenvalue weighted by molar-refractivity contribution is 5.93. The second kappa shape index (κ2) is 7.45. The number of ether oxygens (including phenoxy) is 2. The van der Waals surface area contributed by atoms with Gasteiger partial charge in [0, 0.05) is 13.5 Å². The molecule has 18 heavy (non-hydrogen) atoms. The fraction of sp³-hybridized carbons (Fsp3) is 0.385. The minimum atomic E-state index is -0.537. The summed E-state index contributed by atoms with van der Waals surface area (Å²) >= 11 is 0. The van der Waals surface area contributed by atoms with Crippen LogP contribution in [0.1, 0.15) is 30.1 Å². The van der Waals surface area contributed by atoms with Gasteiger partial charge in [-0.15, -0.1) is 0 Å². The first kappa shape index (κ1) is 14.2. The lowest BCUT2D eigenvalue weighted by Crippen LogP contribution is -2.11. The van der Waals surface area contributed by atoms with E-state index >= 15 is 0 Å². The maximum Gasteiger partial charge on any atom is 0.341 e. The van der Waals surface area contributed by atoms with Gasteiger partial charge in [0.25, 0.3) is 0 Å². The van der Waals surface area contributed by atoms with E-state index in [2.05, 4.69) is 0 Å². The molecular formula is C13H16O5. The van der Waals surface area contributed by atoms with Crippen molar-refractivity contribution in [2.24, 2.45) is 0 Å². The van der Waals surface area contributed by atoms with Gasteiger partial charge in [-0.25, -0.2) is 4.79 Å². The monoisotopic (exact) mass is 252 g/mol. The number of carbonyl (C=O) groups is 2. The summed E-state index contributed by atoms with van der Waals surface area (Å²) in [5, 5.41) is 8.59. The number of para-hydroxylation sites is 1. The lowest BCUT2D eigenvalue weighted by atomic mass is 10.2. The van der Waals surface area contributed by atoms with Crippen LogP contribution in [0.3, 0.4) is 0 Å². The van der Waals surface area contributed by atoms with Crippen LogP contribution < -0.4 is 4.74 Å². The number of hydrogen-bond acceptors (Lipinski definition) is 5. The Hall–Kier alpha value is -1.88. The number of aliphatic hydroxyl groups is 1. The highest BCUT2D eigenvalue weighted by Crippen LogP contribution is 2.19. The van der Waals surface area contributed by atoms with Crippen LogP contribution in [0.4, 0.5) is 0 Å². The van der Waals surface area contributed by atoms with E-state index in [1.807, 2.05) is 0 Å². The molecule has 0 bridgehead atoms. The molecule has 0 heterocycles. The third-order valence-corrected chi connectivity index (χ3v) is 2.15. The van der Waals surface area contributed by atoms with Crippen molar-refractivity contribution in [1.82, 2.24) is 0 Å². The Balaban J connectivity index is 2.63. The molecule has 0 aliphatic heterocycles. The SMILES string of the molecule is CC(=O)Oc1ccccc1C(=O)OCCCCO. The zero-order valence-electron chi connectivity index (χ0n) is 10.2. The summed E-state index contributed by atoms with van der Waals surface area (Å²) in [6.45, 7) is 1.57. The van der Waals surface area contributed by atoms with Gasteiger partial charge < -0.3 is 14.6 Å². The second-order valence-corrected chi connectivity index (χ2v) is 3.66. The van der Waals surface area contributed by atoms with E-state index in [1.54, 1.807) is 12.1 Å². The fourth-order valence-corrected chi connectivity index (χ4v) is 1.34. The minimum absolute atomic E-state index is 0.0710. The molecule has 0 aliphatic rings. The molecule has 1 N–H and O–H groups in total. The van der Waals surface area contributed by atoms with Crippen LogP contribution in [-0.4, -0.2) is 30.3 Å². The van der Waals surface area contributed by atoms with Crippen LogP contribution in [0.15, 0.2) is 24.3 Å². The van der Waals surface area contributed by atoms with Crippen LogP contribution in [0, 0.1) is 0 Å². The summed E-state index contributed by atoms with van der Waals surface area (Å²) in [7, 11) is 0. The molecule has 0 saturated heterocycles. The van der Waals surface area contributed by atoms with E-state index in [0.717, 1.165) is 0 Å². The predicted molar refractivity (Wildman–Crippen MR) is 64.4 cm³/mol. The number of carbonyl (C=O) groups excluding carboxylic acids is 2. The van der Waals surface area contributed by atoms with Gasteiger partial charge in [0.05, 0.1) is 6.61 Å². The van der Waals surface area contributed by atoms with Gasteiger partial charge in [0.2, 0.25) is 0 Å². The largest absolute Gasteiger partial charge is 0.462 e. The van der Waals surface area contributed by atoms with Gasteiger partial charge >= 0.3 is 11.9 Å². The van der Waals surface area contributed by atoms with Gasteiger partial charge in [-0.2, -0.15) is 0 Å². The van der Waals surface area contributed by atoms with E-state index in [0.29, 0.717) is 12.8 Å². The number of rotatable bonds is 6. The fourth-order valence-electron chi connectivity index (χ4n) is 1.34. The van der Waals surface area contributed by atoms with Crippen molar-refractivity contribution >= 4 is 11.9 Å². The van der Waals surface area contributed by atoms with Crippen LogP contribution >= 0.6 is 0 Å². The molecule has 98 valence electrons. The van der Waals surface area contributed by atoms with E-state index in [4.69, 9.17) is 14.6 Å². The number of aliphatic hydroxyl groups excluding tert-OH is 1. The minimum Gasteiger partial charge on any atom is -0.462 e. The molecular weight excluding hydrogens is 236 g/mol. The molecule has 0 aromatic heterocycles. The number of esters is 2. The lowest BCUT2D eigenvalue weighted by molar-refractivity contribution is -0.131. The number of unbranched alkanes of at least 4 members (excludes halogenated alkanes) is 1. The second-order valence-electron chi connectivity index (χ2n) is 3.66. The number of hydrogen-bond donors (Lipinski definition) is 1. The van der Waals surface area contributed by atoms with Crippen molar-refractivity contribution in [3.63, 3.8) is 0 Å². The van der Waals surface area contributed by atoms with Gasteiger partial charge in [-0.1, -0.05) is 12.1 Å². The molecule has 1 rings (SSSR count). The zero-order chi connectivity index (χ0) is 13.4. The third-order valence-electron chi connectivity index (χ3n) is 2.15. The Morgan fingerprint density at radius 1 is 1.22 bits per heavy atom. The molecule has 0 aliphatic carbocycles. The molecule has 0 atom stereocenters. The maximum absolute atomic E-state index is 11.7. The third kappa shape index (κ3) is 4.55. The summed E-state index contributed by atoms with van der Waals surface area (Å²) in [5.74, 6) is -0.836. The van der Waals surface area contributed by atoms with Gasteiger partial charge in [0.1, 0.15) is 11.3 Å². The Labute approximate surface area is 105 Å². The first-order valence-corrected chi connectivity index (χ1v) is 5.70. The molecule has 0 fully saturated rings. The van der Waals surface area contributed by atoms with Crippen LogP contribution in [0.5, 0.6) is 5.75 Å². The zero-order valence-corrected chi connectivity index (χ0v) is 10.2. The number of benzene rings is 1. The predicted octanol–water partition coefficient (Wildman–Crippen LogP) is 1.54. The standard InChI is InChI=1S/C13H16O5/c1-10(15)18-12-7-3-2-6-11(12)13(16)17-9-5-4-8-14/h2-3,6-7,14H,4-5,8-9H2,1H3. The topological polar surface area (TPSA) is 72.8 Å². The van der Waals surface area contributed by atoms with Crippen molar-refractivity contribution in [2.45, 2.75) is 19.8 Å². The summed E-state index contributed by atoms with van der Waals surface area (Å²) < 4.78 is 9.93. The molecule has 0 radical (unpaired) electrons. The highest BCUT2D eigenvalue weighted by Gasteiger charge is 2.14. The Morgan fingerprint density at radius 2 is 1.94 bits per heavy atom. The Kier molecular flexibility index (Phi) is 5.87. The van der Waals surface area contributed by atoms with Crippen molar-refractivity contribution in [1.29, 1.82) is 0 Å². The Bertz CT molecular complexity index is 414.